The first-order chi connectivity index (χ1) is 9.10. The molecule has 106 valence electrons. The van der Waals surface area contributed by atoms with Crippen molar-refractivity contribution in [2.75, 3.05) is 18.1 Å². The zero-order valence-electron chi connectivity index (χ0n) is 11.4. The maximum Gasteiger partial charge on any atom is 0.339 e. The molecule has 0 saturated heterocycles. The number of nitrogen functional groups attached to an aromatic ring is 1. The van der Waals surface area contributed by atoms with Gasteiger partial charge < -0.3 is 10.5 Å². The molecule has 2 N–H and O–H groups in total. The van der Waals surface area contributed by atoms with E-state index in [1.54, 1.807) is 30.8 Å². The highest BCUT2D eigenvalue weighted by molar-refractivity contribution is 7.99. The van der Waals surface area contributed by atoms with Gasteiger partial charge in [-0.25, -0.2) is 4.79 Å². The van der Waals surface area contributed by atoms with Crippen LogP contribution in [0.1, 0.15) is 43.5 Å². The Morgan fingerprint density at radius 2 is 2.11 bits per heavy atom. The molecule has 0 aliphatic heterocycles. The molecule has 0 aliphatic carbocycles. The Labute approximate surface area is 123 Å². The van der Waals surface area contributed by atoms with Gasteiger partial charge in [0.1, 0.15) is 0 Å². The molecule has 19 heavy (non-hydrogen) atoms. The highest BCUT2D eigenvalue weighted by atomic mass is 35.5. The minimum Gasteiger partial charge on any atom is -0.462 e. The third-order valence-corrected chi connectivity index (χ3v) is 4.19. The van der Waals surface area contributed by atoms with Crippen LogP contribution in [0, 0.1) is 0 Å². The first-order valence-corrected chi connectivity index (χ1v) is 7.85. The molecule has 1 aromatic rings. The summed E-state index contributed by atoms with van der Waals surface area (Å²) >= 11 is 7.77. The highest BCUT2D eigenvalue weighted by Gasteiger charge is 2.17. The van der Waals surface area contributed by atoms with Gasteiger partial charge in [-0.3, -0.25) is 0 Å². The predicted octanol–water partition coefficient (Wildman–Crippen LogP) is 4.38. The molecular formula is C14H20ClNO2S. The largest absolute Gasteiger partial charge is 0.462 e. The van der Waals surface area contributed by atoms with Crippen molar-refractivity contribution in [3.8, 4) is 0 Å². The summed E-state index contributed by atoms with van der Waals surface area (Å²) in [7, 11) is 0. The van der Waals surface area contributed by atoms with Gasteiger partial charge in [0, 0.05) is 10.6 Å². The number of halogens is 1. The minimum atomic E-state index is -0.366. The second-order valence-electron chi connectivity index (χ2n) is 4.16. The van der Waals surface area contributed by atoms with Gasteiger partial charge in [0.2, 0.25) is 0 Å². The minimum absolute atomic E-state index is 0.338. The number of benzene rings is 1. The van der Waals surface area contributed by atoms with Crippen molar-refractivity contribution < 1.29 is 9.53 Å². The van der Waals surface area contributed by atoms with Gasteiger partial charge in [-0.15, -0.1) is 11.8 Å². The van der Waals surface area contributed by atoms with E-state index < -0.39 is 0 Å². The van der Waals surface area contributed by atoms with Crippen LogP contribution in [0.25, 0.3) is 0 Å². The van der Waals surface area contributed by atoms with Gasteiger partial charge in [-0.05, 0) is 31.2 Å². The number of thioether (sulfide) groups is 1. The van der Waals surface area contributed by atoms with Gasteiger partial charge in [0.05, 0.1) is 17.2 Å². The molecule has 0 radical (unpaired) electrons. The lowest BCUT2D eigenvalue weighted by Crippen LogP contribution is -2.07. The van der Waals surface area contributed by atoms with E-state index in [1.807, 2.05) is 0 Å². The number of carbonyl (C=O) groups is 1. The van der Waals surface area contributed by atoms with Crippen LogP contribution < -0.4 is 5.73 Å². The van der Waals surface area contributed by atoms with E-state index in [-0.39, 0.29) is 5.97 Å². The van der Waals surface area contributed by atoms with Crippen LogP contribution >= 0.6 is 23.4 Å². The molecule has 0 atom stereocenters. The van der Waals surface area contributed by atoms with Crippen LogP contribution in [0.3, 0.4) is 0 Å². The fraction of sp³-hybridized carbons (Fsp3) is 0.500. The second-order valence-corrected chi connectivity index (χ2v) is 5.67. The maximum atomic E-state index is 11.9. The zero-order valence-corrected chi connectivity index (χ0v) is 12.9. The zero-order chi connectivity index (χ0) is 14.3. The average molecular weight is 302 g/mol. The summed E-state index contributed by atoms with van der Waals surface area (Å²) in [6.07, 6.45) is 3.44. The van der Waals surface area contributed by atoms with Crippen molar-refractivity contribution in [1.82, 2.24) is 0 Å². The number of ether oxygens (including phenoxy) is 1. The quantitative estimate of drug-likeness (QED) is 0.351. The summed E-state index contributed by atoms with van der Waals surface area (Å²) in [6.45, 7) is 4.27. The predicted molar refractivity (Wildman–Crippen MR) is 82.1 cm³/mol. The summed E-state index contributed by atoms with van der Waals surface area (Å²) in [5.41, 5.74) is 6.68. The Bertz CT molecular complexity index is 438. The molecule has 0 aliphatic rings. The van der Waals surface area contributed by atoms with Crippen LogP contribution in [0.5, 0.6) is 0 Å². The van der Waals surface area contributed by atoms with Crippen molar-refractivity contribution in [2.24, 2.45) is 0 Å². The molecule has 0 aromatic heterocycles. The fourth-order valence-corrected chi connectivity index (χ4v) is 3.09. The smallest absolute Gasteiger partial charge is 0.339 e. The fourth-order valence-electron chi connectivity index (χ4n) is 1.65. The molecular weight excluding hydrogens is 282 g/mol. The van der Waals surface area contributed by atoms with E-state index in [9.17, 15) is 4.79 Å². The van der Waals surface area contributed by atoms with E-state index in [0.29, 0.717) is 22.9 Å². The lowest BCUT2D eigenvalue weighted by Gasteiger charge is -2.11. The number of nitrogens with two attached hydrogens (primary N) is 1. The number of anilines is 1. The number of hydrogen-bond donors (Lipinski definition) is 1. The Balaban J connectivity index is 2.90. The number of esters is 1. The average Bonchev–Trinajstić information content (AvgIpc) is 2.36. The van der Waals surface area contributed by atoms with Crippen LogP contribution in [0.15, 0.2) is 17.0 Å². The van der Waals surface area contributed by atoms with E-state index in [4.69, 9.17) is 22.1 Å². The molecule has 5 heteroatoms. The molecule has 3 nitrogen and oxygen atoms in total. The number of hydrogen-bond acceptors (Lipinski definition) is 4. The van der Waals surface area contributed by atoms with E-state index in [1.165, 1.54) is 12.8 Å². The second kappa shape index (κ2) is 8.33. The topological polar surface area (TPSA) is 52.3 Å². The Morgan fingerprint density at radius 1 is 1.37 bits per heavy atom. The normalized spacial score (nSPS) is 10.5. The first-order valence-electron chi connectivity index (χ1n) is 6.49. The van der Waals surface area contributed by atoms with E-state index in [0.717, 1.165) is 17.1 Å². The lowest BCUT2D eigenvalue weighted by atomic mass is 10.2. The van der Waals surface area contributed by atoms with Crippen molar-refractivity contribution in [3.63, 3.8) is 0 Å². The molecule has 0 unspecified atom stereocenters. The van der Waals surface area contributed by atoms with Crippen molar-refractivity contribution in [2.45, 2.75) is 38.0 Å². The molecule has 0 heterocycles. The molecule has 0 spiro atoms. The summed E-state index contributed by atoms with van der Waals surface area (Å²) in [6, 6.07) is 3.30. The number of carbonyl (C=O) groups excluding carboxylic acids is 1. The lowest BCUT2D eigenvalue weighted by molar-refractivity contribution is 0.0522. The van der Waals surface area contributed by atoms with Gasteiger partial charge in [-0.1, -0.05) is 31.4 Å². The summed E-state index contributed by atoms with van der Waals surface area (Å²) in [5, 5.41) is 0.518. The summed E-state index contributed by atoms with van der Waals surface area (Å²) in [5.74, 6) is 0.568. The van der Waals surface area contributed by atoms with Gasteiger partial charge in [0.25, 0.3) is 0 Å². The van der Waals surface area contributed by atoms with Gasteiger partial charge in [-0.2, -0.15) is 0 Å². The van der Waals surface area contributed by atoms with Gasteiger partial charge in [0.15, 0.2) is 0 Å². The number of unbranched alkanes of at least 4 members (excludes halogenated alkanes) is 2. The Kier molecular flexibility index (Phi) is 7.10. The third kappa shape index (κ3) is 4.96. The van der Waals surface area contributed by atoms with Crippen LogP contribution in [-0.2, 0) is 4.74 Å². The highest BCUT2D eigenvalue weighted by Crippen LogP contribution is 2.34. The van der Waals surface area contributed by atoms with Crippen molar-refractivity contribution >= 4 is 35.0 Å². The SMILES string of the molecule is CCCCCSc1c(Cl)cc(N)cc1C(=O)OCC. The standard InChI is InChI=1S/C14H20ClNO2S/c1-3-5-6-7-19-13-11(14(17)18-4-2)8-10(16)9-12(13)15/h8-9H,3-7,16H2,1-2H3. The molecule has 0 saturated carbocycles. The summed E-state index contributed by atoms with van der Waals surface area (Å²) in [4.78, 5) is 12.7. The number of rotatable bonds is 7. The maximum absolute atomic E-state index is 11.9. The Morgan fingerprint density at radius 3 is 2.74 bits per heavy atom. The molecule has 0 bridgehead atoms. The van der Waals surface area contributed by atoms with Crippen molar-refractivity contribution in [1.29, 1.82) is 0 Å². The summed E-state index contributed by atoms with van der Waals surface area (Å²) < 4.78 is 5.04. The van der Waals surface area contributed by atoms with Gasteiger partial charge >= 0.3 is 5.97 Å². The third-order valence-electron chi connectivity index (χ3n) is 2.56. The van der Waals surface area contributed by atoms with Crippen LogP contribution in [0.2, 0.25) is 5.02 Å². The first kappa shape index (κ1) is 16.2. The monoisotopic (exact) mass is 301 g/mol. The van der Waals surface area contributed by atoms with Crippen LogP contribution in [-0.4, -0.2) is 18.3 Å². The molecule has 0 fully saturated rings. The van der Waals surface area contributed by atoms with Crippen molar-refractivity contribution in [3.05, 3.63) is 22.7 Å². The van der Waals surface area contributed by atoms with E-state index in [2.05, 4.69) is 6.92 Å². The molecule has 1 aromatic carbocycles. The molecule has 0 amide bonds. The molecule has 1 rings (SSSR count). The van der Waals surface area contributed by atoms with E-state index >= 15 is 0 Å². The Hall–Kier alpha value is -0.870. The van der Waals surface area contributed by atoms with Crippen LogP contribution in [0.4, 0.5) is 5.69 Å².